The van der Waals surface area contributed by atoms with Crippen LogP contribution in [-0.4, -0.2) is 42.0 Å². The summed E-state index contributed by atoms with van der Waals surface area (Å²) in [5, 5.41) is 3.99. The number of hydrogen-bond acceptors (Lipinski definition) is 3. The first-order valence-electron chi connectivity index (χ1n) is 7.21. The summed E-state index contributed by atoms with van der Waals surface area (Å²) in [5.41, 5.74) is 1.33. The van der Waals surface area contributed by atoms with E-state index in [0.717, 1.165) is 30.5 Å². The molecular weight excluding hydrogens is 448 g/mol. The van der Waals surface area contributed by atoms with Gasteiger partial charge in [-0.3, -0.25) is 4.79 Å². The van der Waals surface area contributed by atoms with Gasteiger partial charge in [-0.25, -0.2) is 4.98 Å². The van der Waals surface area contributed by atoms with E-state index in [0.29, 0.717) is 12.2 Å². The molecule has 1 aromatic carbocycles. The Morgan fingerprint density at radius 1 is 1.17 bits per heavy atom. The zero-order valence-corrected chi connectivity index (χ0v) is 17.0. The molecule has 0 spiro atoms. The number of carbonyl (C=O) groups is 1. The molecule has 1 aromatic heterocycles. The molecule has 0 unspecified atom stereocenters. The van der Waals surface area contributed by atoms with E-state index in [4.69, 9.17) is 0 Å². The lowest BCUT2D eigenvalue weighted by atomic mass is 10.2. The Hall–Kier alpha value is -0.630. The standard InChI is InChI=1S/C16H20IN3O.2ClH/c1-3-20(4-2)10-9-18-16(21)15-7-5-12-11-13(17)6-8-14(12)19-15;;/h5-8,11H,3-4,9-10H2,1-2H3,(H,18,21);2*1H. The number of fused-ring (bicyclic) bond motifs is 1. The number of amides is 1. The van der Waals surface area contributed by atoms with Crippen molar-refractivity contribution in [3.05, 3.63) is 39.6 Å². The van der Waals surface area contributed by atoms with Crippen molar-refractivity contribution in [2.45, 2.75) is 13.8 Å². The van der Waals surface area contributed by atoms with Crippen molar-refractivity contribution in [3.63, 3.8) is 0 Å². The first-order valence-corrected chi connectivity index (χ1v) is 8.28. The molecule has 128 valence electrons. The quantitative estimate of drug-likeness (QED) is 0.655. The minimum absolute atomic E-state index is 0. The summed E-state index contributed by atoms with van der Waals surface area (Å²) in [5.74, 6) is -0.109. The molecule has 0 saturated heterocycles. The molecule has 0 saturated carbocycles. The maximum Gasteiger partial charge on any atom is 0.269 e. The average molecular weight is 470 g/mol. The van der Waals surface area contributed by atoms with E-state index in [-0.39, 0.29) is 30.7 Å². The second-order valence-corrected chi connectivity index (χ2v) is 6.06. The van der Waals surface area contributed by atoms with E-state index >= 15 is 0 Å². The van der Waals surface area contributed by atoms with Gasteiger partial charge in [0.15, 0.2) is 0 Å². The third kappa shape index (κ3) is 6.41. The molecule has 4 nitrogen and oxygen atoms in total. The van der Waals surface area contributed by atoms with Crippen molar-refractivity contribution in [3.8, 4) is 0 Å². The summed E-state index contributed by atoms with van der Waals surface area (Å²) in [7, 11) is 0. The van der Waals surface area contributed by atoms with Crippen LogP contribution in [0.4, 0.5) is 0 Å². The maximum absolute atomic E-state index is 12.1. The monoisotopic (exact) mass is 469 g/mol. The topological polar surface area (TPSA) is 45.2 Å². The highest BCUT2D eigenvalue weighted by Crippen LogP contribution is 2.16. The highest BCUT2D eigenvalue weighted by Gasteiger charge is 2.08. The van der Waals surface area contributed by atoms with Gasteiger partial charge < -0.3 is 10.2 Å². The molecule has 0 aliphatic carbocycles. The number of nitrogens with one attached hydrogen (secondary N) is 1. The highest BCUT2D eigenvalue weighted by molar-refractivity contribution is 14.1. The third-order valence-corrected chi connectivity index (χ3v) is 4.16. The number of halogens is 3. The average Bonchev–Trinajstić information content (AvgIpc) is 2.50. The summed E-state index contributed by atoms with van der Waals surface area (Å²) in [4.78, 5) is 18.8. The van der Waals surface area contributed by atoms with E-state index in [9.17, 15) is 4.79 Å². The van der Waals surface area contributed by atoms with Crippen LogP contribution >= 0.6 is 47.4 Å². The SMILES string of the molecule is CCN(CC)CCNC(=O)c1ccc2cc(I)ccc2n1.Cl.Cl. The highest BCUT2D eigenvalue weighted by atomic mass is 127. The molecule has 1 N–H and O–H groups in total. The van der Waals surface area contributed by atoms with Crippen LogP contribution in [-0.2, 0) is 0 Å². The predicted octanol–water partition coefficient (Wildman–Crippen LogP) is 3.75. The van der Waals surface area contributed by atoms with Gasteiger partial charge in [-0.15, -0.1) is 24.8 Å². The zero-order chi connectivity index (χ0) is 15.2. The zero-order valence-electron chi connectivity index (χ0n) is 13.2. The van der Waals surface area contributed by atoms with Crippen LogP contribution in [0.25, 0.3) is 10.9 Å². The number of likely N-dealkylation sites (N-methyl/N-ethyl adjacent to an activating group) is 1. The van der Waals surface area contributed by atoms with Crippen LogP contribution in [0.2, 0.25) is 0 Å². The summed E-state index contributed by atoms with van der Waals surface area (Å²) in [6.07, 6.45) is 0. The van der Waals surface area contributed by atoms with Crippen molar-refractivity contribution in [2.24, 2.45) is 0 Å². The van der Waals surface area contributed by atoms with Crippen LogP contribution < -0.4 is 5.32 Å². The van der Waals surface area contributed by atoms with Gasteiger partial charge in [-0.1, -0.05) is 19.9 Å². The number of nitrogens with zero attached hydrogens (tertiary/aromatic N) is 2. The van der Waals surface area contributed by atoms with E-state index in [1.54, 1.807) is 6.07 Å². The first-order chi connectivity index (χ1) is 10.1. The Kier molecular flexibility index (Phi) is 10.7. The molecule has 0 bridgehead atoms. The lowest BCUT2D eigenvalue weighted by molar-refractivity contribution is 0.0944. The number of carbonyl (C=O) groups excluding carboxylic acids is 1. The molecule has 0 fully saturated rings. The van der Waals surface area contributed by atoms with Crippen molar-refractivity contribution >= 4 is 64.2 Å². The van der Waals surface area contributed by atoms with E-state index in [1.165, 1.54) is 3.57 Å². The van der Waals surface area contributed by atoms with Crippen molar-refractivity contribution in [2.75, 3.05) is 26.2 Å². The van der Waals surface area contributed by atoms with E-state index < -0.39 is 0 Å². The minimum Gasteiger partial charge on any atom is -0.349 e. The molecule has 23 heavy (non-hydrogen) atoms. The van der Waals surface area contributed by atoms with Gasteiger partial charge in [0.25, 0.3) is 5.91 Å². The van der Waals surface area contributed by atoms with Gasteiger partial charge in [0.05, 0.1) is 5.52 Å². The van der Waals surface area contributed by atoms with E-state index in [1.807, 2.05) is 18.2 Å². The fraction of sp³-hybridized carbons (Fsp3) is 0.375. The van der Waals surface area contributed by atoms with Gasteiger partial charge in [0, 0.05) is 22.0 Å². The molecule has 1 amide bonds. The van der Waals surface area contributed by atoms with Crippen molar-refractivity contribution in [1.29, 1.82) is 0 Å². The second-order valence-electron chi connectivity index (χ2n) is 4.82. The van der Waals surface area contributed by atoms with Crippen LogP contribution in [0.1, 0.15) is 24.3 Å². The van der Waals surface area contributed by atoms with Crippen molar-refractivity contribution in [1.82, 2.24) is 15.2 Å². The third-order valence-electron chi connectivity index (χ3n) is 3.49. The molecule has 0 atom stereocenters. The Labute approximate surface area is 163 Å². The van der Waals surface area contributed by atoms with Gasteiger partial charge in [0.1, 0.15) is 5.69 Å². The second kappa shape index (κ2) is 11.0. The molecule has 0 radical (unpaired) electrons. The number of rotatable bonds is 6. The smallest absolute Gasteiger partial charge is 0.269 e. The van der Waals surface area contributed by atoms with Crippen LogP contribution in [0, 0.1) is 3.57 Å². The van der Waals surface area contributed by atoms with Gasteiger partial charge in [-0.2, -0.15) is 0 Å². The van der Waals surface area contributed by atoms with Gasteiger partial charge in [-0.05, 0) is 59.9 Å². The van der Waals surface area contributed by atoms with Crippen molar-refractivity contribution < 1.29 is 4.79 Å². The van der Waals surface area contributed by atoms with Crippen LogP contribution in [0.5, 0.6) is 0 Å². The molecule has 2 aromatic rings. The predicted molar refractivity (Wildman–Crippen MR) is 109 cm³/mol. The minimum atomic E-state index is -0.109. The molecule has 1 heterocycles. The Morgan fingerprint density at radius 2 is 1.87 bits per heavy atom. The largest absolute Gasteiger partial charge is 0.349 e. The Morgan fingerprint density at radius 3 is 2.52 bits per heavy atom. The number of hydrogen-bond donors (Lipinski definition) is 1. The van der Waals surface area contributed by atoms with Crippen LogP contribution in [0.3, 0.4) is 0 Å². The first kappa shape index (κ1) is 22.4. The fourth-order valence-electron chi connectivity index (χ4n) is 2.18. The van der Waals surface area contributed by atoms with Gasteiger partial charge >= 0.3 is 0 Å². The molecule has 2 rings (SSSR count). The molecule has 0 aliphatic heterocycles. The summed E-state index contributed by atoms with van der Waals surface area (Å²) >= 11 is 2.27. The van der Waals surface area contributed by atoms with E-state index in [2.05, 4.69) is 57.7 Å². The van der Waals surface area contributed by atoms with Crippen LogP contribution in [0.15, 0.2) is 30.3 Å². The normalized spacial score (nSPS) is 10.1. The lowest BCUT2D eigenvalue weighted by Gasteiger charge is -2.17. The maximum atomic E-state index is 12.1. The summed E-state index contributed by atoms with van der Waals surface area (Å²) in [6.45, 7) is 7.76. The Balaban J connectivity index is 0.00000242. The lowest BCUT2D eigenvalue weighted by Crippen LogP contribution is -2.35. The Bertz CT molecular complexity index is 636. The fourth-order valence-corrected chi connectivity index (χ4v) is 2.70. The molecule has 7 heteroatoms. The molecular formula is C16H22Cl2IN3O. The van der Waals surface area contributed by atoms with Gasteiger partial charge in [0.2, 0.25) is 0 Å². The number of pyridine rings is 1. The molecule has 0 aliphatic rings. The number of benzene rings is 1. The summed E-state index contributed by atoms with van der Waals surface area (Å²) in [6, 6.07) is 9.74. The summed E-state index contributed by atoms with van der Waals surface area (Å²) < 4.78 is 1.17. The number of aromatic nitrogens is 1.